The average molecular weight is 580 g/mol. The van der Waals surface area contributed by atoms with Gasteiger partial charge in [-0.25, -0.2) is 10.2 Å². The maximum atomic E-state index is 12.6. The zero-order chi connectivity index (χ0) is 25.4. The molecule has 1 amide bonds. The molecule has 0 aliphatic carbocycles. The van der Waals surface area contributed by atoms with Crippen LogP contribution in [0.1, 0.15) is 29.8 Å². The van der Waals surface area contributed by atoms with E-state index in [2.05, 4.69) is 26.5 Å². The van der Waals surface area contributed by atoms with Crippen LogP contribution >= 0.6 is 39.1 Å². The van der Waals surface area contributed by atoms with Gasteiger partial charge in [0.1, 0.15) is 17.2 Å². The summed E-state index contributed by atoms with van der Waals surface area (Å²) in [4.78, 5) is 25.0. The Morgan fingerprint density at radius 1 is 1.06 bits per heavy atom. The van der Waals surface area contributed by atoms with Crippen molar-refractivity contribution >= 4 is 57.2 Å². The van der Waals surface area contributed by atoms with Gasteiger partial charge in [0, 0.05) is 15.1 Å². The highest BCUT2D eigenvalue weighted by molar-refractivity contribution is 9.10. The standard InChI is InChI=1S/C25H21BrCl2N2O5/c1-3-33-20-8-4-16(5-9-20)25(32)35-22-10-6-18(26)12-17(22)14-29-30-24(31)15(2)34-23-11-7-19(27)13-21(23)28/h4-15H,3H2,1-2H3,(H,30,31)/b29-14+. The Morgan fingerprint density at radius 3 is 2.46 bits per heavy atom. The Bertz CT molecular complexity index is 1240. The molecule has 0 spiro atoms. The van der Waals surface area contributed by atoms with Gasteiger partial charge in [0.15, 0.2) is 6.10 Å². The number of nitrogens with zero attached hydrogens (tertiary/aromatic N) is 1. The van der Waals surface area contributed by atoms with Gasteiger partial charge < -0.3 is 14.2 Å². The van der Waals surface area contributed by atoms with Gasteiger partial charge in [0.2, 0.25) is 0 Å². The number of hydrazone groups is 1. The quantitative estimate of drug-likeness (QED) is 0.139. The van der Waals surface area contributed by atoms with Crippen LogP contribution in [0.25, 0.3) is 0 Å². The topological polar surface area (TPSA) is 86.2 Å². The fraction of sp³-hybridized carbons (Fsp3) is 0.160. The fourth-order valence-electron chi connectivity index (χ4n) is 2.80. The van der Waals surface area contributed by atoms with Crippen LogP contribution < -0.4 is 19.6 Å². The zero-order valence-electron chi connectivity index (χ0n) is 18.8. The summed E-state index contributed by atoms with van der Waals surface area (Å²) in [5, 5.41) is 4.71. The van der Waals surface area contributed by atoms with Crippen LogP contribution in [0.15, 0.2) is 70.2 Å². The number of amides is 1. The zero-order valence-corrected chi connectivity index (χ0v) is 21.9. The van der Waals surface area contributed by atoms with Crippen molar-refractivity contribution in [1.82, 2.24) is 5.43 Å². The average Bonchev–Trinajstić information content (AvgIpc) is 2.83. The lowest BCUT2D eigenvalue weighted by atomic mass is 10.2. The molecular formula is C25H21BrCl2N2O5. The van der Waals surface area contributed by atoms with Gasteiger partial charge >= 0.3 is 5.97 Å². The summed E-state index contributed by atoms with van der Waals surface area (Å²) in [6.07, 6.45) is 0.483. The van der Waals surface area contributed by atoms with E-state index in [1.807, 2.05) is 6.92 Å². The molecule has 0 saturated carbocycles. The lowest BCUT2D eigenvalue weighted by Gasteiger charge is -2.14. The highest BCUT2D eigenvalue weighted by Crippen LogP contribution is 2.28. The second-order valence-corrected chi connectivity index (χ2v) is 8.86. The van der Waals surface area contributed by atoms with Crippen LogP contribution in [0.4, 0.5) is 0 Å². The minimum atomic E-state index is -0.884. The van der Waals surface area contributed by atoms with Crippen LogP contribution in [-0.4, -0.2) is 30.8 Å². The number of hydrogen-bond acceptors (Lipinski definition) is 6. The van der Waals surface area contributed by atoms with Crippen molar-refractivity contribution in [3.05, 3.63) is 86.3 Å². The highest BCUT2D eigenvalue weighted by Gasteiger charge is 2.16. The van der Waals surface area contributed by atoms with Crippen molar-refractivity contribution in [3.63, 3.8) is 0 Å². The van der Waals surface area contributed by atoms with Crippen molar-refractivity contribution in [2.45, 2.75) is 20.0 Å². The Morgan fingerprint density at radius 2 is 1.77 bits per heavy atom. The summed E-state index contributed by atoms with van der Waals surface area (Å²) in [6, 6.07) is 16.4. The predicted molar refractivity (Wildman–Crippen MR) is 139 cm³/mol. The molecule has 35 heavy (non-hydrogen) atoms. The maximum Gasteiger partial charge on any atom is 0.343 e. The number of nitrogens with one attached hydrogen (secondary N) is 1. The molecule has 3 rings (SSSR count). The van der Waals surface area contributed by atoms with Crippen molar-refractivity contribution < 1.29 is 23.8 Å². The number of carbonyl (C=O) groups excluding carboxylic acids is 2. The predicted octanol–water partition coefficient (Wildman–Crippen LogP) is 6.29. The van der Waals surface area contributed by atoms with E-state index in [0.29, 0.717) is 34.3 Å². The second kappa shape index (κ2) is 12.6. The largest absolute Gasteiger partial charge is 0.494 e. The Labute approximate surface area is 221 Å². The Hall–Kier alpha value is -3.07. The first-order chi connectivity index (χ1) is 16.8. The van der Waals surface area contributed by atoms with Gasteiger partial charge in [-0.2, -0.15) is 5.10 Å². The van der Waals surface area contributed by atoms with E-state index < -0.39 is 18.0 Å². The second-order valence-electron chi connectivity index (χ2n) is 7.10. The van der Waals surface area contributed by atoms with E-state index in [1.54, 1.807) is 61.5 Å². The van der Waals surface area contributed by atoms with E-state index in [-0.39, 0.29) is 10.8 Å². The SMILES string of the molecule is CCOc1ccc(C(=O)Oc2ccc(Br)cc2/C=N/NC(=O)C(C)Oc2ccc(Cl)cc2Cl)cc1. The third-order valence-corrected chi connectivity index (χ3v) is 5.54. The van der Waals surface area contributed by atoms with Gasteiger partial charge in [0.25, 0.3) is 5.91 Å². The summed E-state index contributed by atoms with van der Waals surface area (Å²) in [5.74, 6) is 0.194. The molecule has 3 aromatic rings. The van der Waals surface area contributed by atoms with Crippen molar-refractivity contribution in [3.8, 4) is 17.2 Å². The maximum absolute atomic E-state index is 12.6. The van der Waals surface area contributed by atoms with Crippen LogP contribution in [0, 0.1) is 0 Å². The molecule has 0 bridgehead atoms. The van der Waals surface area contributed by atoms with E-state index in [4.69, 9.17) is 37.4 Å². The van der Waals surface area contributed by atoms with Gasteiger partial charge in [-0.15, -0.1) is 0 Å². The first-order valence-corrected chi connectivity index (χ1v) is 12.0. The van der Waals surface area contributed by atoms with E-state index >= 15 is 0 Å². The third-order valence-electron chi connectivity index (χ3n) is 4.52. The molecule has 7 nitrogen and oxygen atoms in total. The number of ether oxygens (including phenoxy) is 3. The lowest BCUT2D eigenvalue weighted by Crippen LogP contribution is -2.33. The van der Waals surface area contributed by atoms with Gasteiger partial charge in [-0.05, 0) is 74.5 Å². The summed E-state index contributed by atoms with van der Waals surface area (Å²) in [6.45, 7) is 3.96. The monoisotopic (exact) mass is 578 g/mol. The third kappa shape index (κ3) is 7.71. The Balaban J connectivity index is 1.65. The number of hydrogen-bond donors (Lipinski definition) is 1. The van der Waals surface area contributed by atoms with E-state index in [9.17, 15) is 9.59 Å². The number of rotatable bonds is 9. The number of esters is 1. The molecule has 0 aliphatic heterocycles. The van der Waals surface area contributed by atoms with Crippen molar-refractivity contribution in [1.29, 1.82) is 0 Å². The van der Waals surface area contributed by atoms with Crippen molar-refractivity contribution in [2.75, 3.05) is 6.61 Å². The molecule has 0 aliphatic rings. The molecule has 0 aromatic heterocycles. The Kier molecular flexibility index (Phi) is 9.54. The number of carbonyl (C=O) groups is 2. The normalized spacial score (nSPS) is 11.7. The fourth-order valence-corrected chi connectivity index (χ4v) is 3.63. The van der Waals surface area contributed by atoms with E-state index in [1.165, 1.54) is 12.3 Å². The van der Waals surface area contributed by atoms with Crippen LogP contribution in [0.5, 0.6) is 17.2 Å². The molecule has 3 aromatic carbocycles. The molecule has 1 N–H and O–H groups in total. The molecule has 0 saturated heterocycles. The van der Waals surface area contributed by atoms with E-state index in [0.717, 1.165) is 4.47 Å². The molecule has 182 valence electrons. The minimum absolute atomic E-state index is 0.266. The molecule has 10 heteroatoms. The molecule has 0 heterocycles. The first-order valence-electron chi connectivity index (χ1n) is 10.5. The van der Waals surface area contributed by atoms with Crippen LogP contribution in [-0.2, 0) is 4.79 Å². The summed E-state index contributed by atoms with van der Waals surface area (Å²) >= 11 is 15.3. The van der Waals surface area contributed by atoms with Gasteiger partial charge in [0.05, 0.1) is 23.4 Å². The van der Waals surface area contributed by atoms with Crippen molar-refractivity contribution in [2.24, 2.45) is 5.10 Å². The van der Waals surface area contributed by atoms with Gasteiger partial charge in [-0.1, -0.05) is 39.1 Å². The molecular weight excluding hydrogens is 559 g/mol. The molecule has 1 unspecified atom stereocenters. The van der Waals surface area contributed by atoms with Gasteiger partial charge in [-0.3, -0.25) is 4.79 Å². The highest BCUT2D eigenvalue weighted by atomic mass is 79.9. The number of halogens is 3. The summed E-state index contributed by atoms with van der Waals surface area (Å²) in [7, 11) is 0. The number of benzene rings is 3. The molecule has 1 atom stereocenters. The minimum Gasteiger partial charge on any atom is -0.494 e. The molecule has 0 fully saturated rings. The van der Waals surface area contributed by atoms with Crippen LogP contribution in [0.2, 0.25) is 10.0 Å². The summed E-state index contributed by atoms with van der Waals surface area (Å²) < 4.78 is 17.2. The molecule has 0 radical (unpaired) electrons. The first kappa shape index (κ1) is 26.5. The smallest absolute Gasteiger partial charge is 0.343 e. The van der Waals surface area contributed by atoms with Crippen LogP contribution in [0.3, 0.4) is 0 Å². The lowest BCUT2D eigenvalue weighted by molar-refractivity contribution is -0.127. The summed E-state index contributed by atoms with van der Waals surface area (Å²) in [5.41, 5.74) is 3.23.